The lowest BCUT2D eigenvalue weighted by Crippen LogP contribution is -2.58. The number of rotatable bonds is 2. The number of halogens is 3. The van der Waals surface area contributed by atoms with E-state index in [2.05, 4.69) is 5.32 Å². The van der Waals surface area contributed by atoms with Gasteiger partial charge in [-0.1, -0.05) is 50.2 Å². The number of aliphatic hydroxyl groups is 1. The van der Waals surface area contributed by atoms with Crippen LogP contribution < -0.4 is 5.32 Å². The molecule has 0 aliphatic heterocycles. The smallest absolute Gasteiger partial charge is 0.419 e. The number of nitriles is 1. The molecule has 0 aromatic heterocycles. The Kier molecular flexibility index (Phi) is 4.90. The molecular formula is C25H23F3N2O2. The molecular weight excluding hydrogens is 417 g/mol. The molecule has 1 aliphatic rings. The van der Waals surface area contributed by atoms with Crippen LogP contribution in [0.15, 0.2) is 48.5 Å². The Balaban J connectivity index is 1.95. The second-order valence-electron chi connectivity index (χ2n) is 9.12. The first-order valence-corrected chi connectivity index (χ1v) is 10.2. The molecule has 0 saturated carbocycles. The Morgan fingerprint density at radius 2 is 1.75 bits per heavy atom. The minimum absolute atomic E-state index is 0.0266. The zero-order valence-corrected chi connectivity index (χ0v) is 17.9. The molecule has 7 heteroatoms. The lowest BCUT2D eigenvalue weighted by atomic mass is 9.62. The SMILES string of the molecule is Cc1cc2c(c(O)c1C#N)C(C)(C)CC(O)(C(F)(F)F)C2Nc1ccc2ccccc2c1. The van der Waals surface area contributed by atoms with Gasteiger partial charge in [0.1, 0.15) is 11.8 Å². The van der Waals surface area contributed by atoms with Crippen molar-refractivity contribution in [3.05, 3.63) is 70.8 Å². The molecule has 3 N–H and O–H groups in total. The Labute approximate surface area is 183 Å². The summed E-state index contributed by atoms with van der Waals surface area (Å²) in [7, 11) is 0. The highest BCUT2D eigenvalue weighted by Gasteiger charge is 2.64. The summed E-state index contributed by atoms with van der Waals surface area (Å²) < 4.78 is 42.9. The van der Waals surface area contributed by atoms with Crippen LogP contribution in [0.5, 0.6) is 5.75 Å². The number of nitrogens with zero attached hydrogens (tertiary/aromatic N) is 1. The number of alkyl halides is 3. The molecule has 0 fully saturated rings. The van der Waals surface area contributed by atoms with E-state index in [1.54, 1.807) is 25.1 Å². The number of phenolic OH excluding ortho intramolecular Hbond substituents is 1. The molecule has 166 valence electrons. The van der Waals surface area contributed by atoms with Gasteiger partial charge in [0, 0.05) is 11.3 Å². The third-order valence-electron chi connectivity index (χ3n) is 6.37. The Hall–Kier alpha value is -3.24. The van der Waals surface area contributed by atoms with Crippen LogP contribution >= 0.6 is 0 Å². The Bertz CT molecular complexity index is 1260. The van der Waals surface area contributed by atoms with E-state index < -0.39 is 29.7 Å². The van der Waals surface area contributed by atoms with E-state index in [9.17, 15) is 28.6 Å². The van der Waals surface area contributed by atoms with E-state index in [4.69, 9.17) is 0 Å². The quantitative estimate of drug-likeness (QED) is 0.467. The van der Waals surface area contributed by atoms with E-state index >= 15 is 0 Å². The van der Waals surface area contributed by atoms with Crippen molar-refractivity contribution in [2.75, 3.05) is 5.32 Å². The van der Waals surface area contributed by atoms with Crippen molar-refractivity contribution in [3.8, 4) is 11.8 Å². The van der Waals surface area contributed by atoms with Gasteiger partial charge in [0.05, 0.1) is 11.6 Å². The number of anilines is 1. The van der Waals surface area contributed by atoms with Crippen LogP contribution in [-0.4, -0.2) is 22.0 Å². The standard InChI is InChI=1S/C25H23F3N2O2/c1-14-10-18-20(21(31)19(14)12-29)23(2,3)13-24(32,25(26,27)28)22(18)30-17-9-8-15-6-4-5-7-16(15)11-17/h4-11,22,30-32H,13H2,1-3H3. The molecule has 0 bridgehead atoms. The van der Waals surface area contributed by atoms with E-state index in [1.165, 1.54) is 19.9 Å². The summed E-state index contributed by atoms with van der Waals surface area (Å²) >= 11 is 0. The first-order chi connectivity index (χ1) is 14.9. The highest BCUT2D eigenvalue weighted by molar-refractivity contribution is 5.85. The molecule has 3 aromatic rings. The Morgan fingerprint density at radius 1 is 1.09 bits per heavy atom. The first-order valence-electron chi connectivity index (χ1n) is 10.2. The molecule has 0 heterocycles. The molecule has 0 saturated heterocycles. The number of aromatic hydroxyl groups is 1. The van der Waals surface area contributed by atoms with Gasteiger partial charge < -0.3 is 15.5 Å². The average Bonchev–Trinajstić information content (AvgIpc) is 2.69. The predicted molar refractivity (Wildman–Crippen MR) is 117 cm³/mol. The summed E-state index contributed by atoms with van der Waals surface area (Å²) in [6.45, 7) is 4.62. The van der Waals surface area contributed by atoms with Crippen molar-refractivity contribution in [1.82, 2.24) is 0 Å². The summed E-state index contributed by atoms with van der Waals surface area (Å²) in [6, 6.07) is 14.4. The van der Waals surface area contributed by atoms with E-state index in [1.807, 2.05) is 30.3 Å². The second-order valence-corrected chi connectivity index (χ2v) is 9.12. The fourth-order valence-corrected chi connectivity index (χ4v) is 4.93. The summed E-state index contributed by atoms with van der Waals surface area (Å²) in [4.78, 5) is 0. The van der Waals surface area contributed by atoms with Gasteiger partial charge in [-0.15, -0.1) is 0 Å². The maximum Gasteiger partial charge on any atom is 0.419 e. The average molecular weight is 440 g/mol. The number of hydrogen-bond acceptors (Lipinski definition) is 4. The molecule has 0 amide bonds. The van der Waals surface area contributed by atoms with Gasteiger partial charge >= 0.3 is 6.18 Å². The highest BCUT2D eigenvalue weighted by Crippen LogP contribution is 2.57. The van der Waals surface area contributed by atoms with Gasteiger partial charge in [0.2, 0.25) is 0 Å². The van der Waals surface area contributed by atoms with Crippen LogP contribution in [0.3, 0.4) is 0 Å². The maximum absolute atomic E-state index is 14.3. The van der Waals surface area contributed by atoms with Gasteiger partial charge in [0.25, 0.3) is 0 Å². The van der Waals surface area contributed by atoms with E-state index in [0.717, 1.165) is 10.8 Å². The van der Waals surface area contributed by atoms with Crippen molar-refractivity contribution in [2.24, 2.45) is 0 Å². The van der Waals surface area contributed by atoms with Crippen LogP contribution in [0.4, 0.5) is 18.9 Å². The third kappa shape index (κ3) is 3.26. The molecule has 4 nitrogen and oxygen atoms in total. The summed E-state index contributed by atoms with van der Waals surface area (Å²) in [6.07, 6.45) is -5.61. The lowest BCUT2D eigenvalue weighted by molar-refractivity contribution is -0.276. The molecule has 32 heavy (non-hydrogen) atoms. The molecule has 2 atom stereocenters. The summed E-state index contributed by atoms with van der Waals surface area (Å²) in [5, 5.41) is 36.0. The molecule has 3 aromatic carbocycles. The number of aryl methyl sites for hydroxylation is 1. The highest BCUT2D eigenvalue weighted by atomic mass is 19.4. The summed E-state index contributed by atoms with van der Waals surface area (Å²) in [5.74, 6) is -0.331. The van der Waals surface area contributed by atoms with Crippen LogP contribution in [0.2, 0.25) is 0 Å². The second kappa shape index (κ2) is 7.14. The molecule has 2 unspecified atom stereocenters. The number of phenols is 1. The van der Waals surface area contributed by atoms with Crippen molar-refractivity contribution < 1.29 is 23.4 Å². The zero-order chi connectivity index (χ0) is 23.5. The Morgan fingerprint density at radius 3 is 2.38 bits per heavy atom. The fraction of sp³-hybridized carbons (Fsp3) is 0.320. The summed E-state index contributed by atoms with van der Waals surface area (Å²) in [5.41, 5.74) is -3.18. The van der Waals surface area contributed by atoms with Gasteiger partial charge in [-0.3, -0.25) is 0 Å². The monoisotopic (exact) mass is 440 g/mol. The maximum atomic E-state index is 14.3. The van der Waals surface area contributed by atoms with Crippen LogP contribution in [0.25, 0.3) is 10.8 Å². The molecule has 0 radical (unpaired) electrons. The van der Waals surface area contributed by atoms with Gasteiger partial charge in [-0.2, -0.15) is 18.4 Å². The number of fused-ring (bicyclic) bond motifs is 2. The van der Waals surface area contributed by atoms with Crippen molar-refractivity contribution in [2.45, 2.75) is 50.4 Å². The number of benzene rings is 3. The van der Waals surface area contributed by atoms with E-state index in [-0.39, 0.29) is 22.4 Å². The topological polar surface area (TPSA) is 76.3 Å². The number of hydrogen-bond donors (Lipinski definition) is 3. The lowest BCUT2D eigenvalue weighted by Gasteiger charge is -2.49. The first kappa shape index (κ1) is 22.0. The zero-order valence-electron chi connectivity index (χ0n) is 17.9. The van der Waals surface area contributed by atoms with Gasteiger partial charge in [-0.05, 0) is 52.8 Å². The minimum Gasteiger partial charge on any atom is -0.506 e. The normalized spacial score (nSPS) is 22.2. The minimum atomic E-state index is -4.94. The van der Waals surface area contributed by atoms with Crippen molar-refractivity contribution >= 4 is 16.5 Å². The van der Waals surface area contributed by atoms with Gasteiger partial charge in [0.15, 0.2) is 5.60 Å². The molecule has 1 aliphatic carbocycles. The molecule has 4 rings (SSSR count). The predicted octanol–water partition coefficient (Wildman–Crippen LogP) is 5.85. The van der Waals surface area contributed by atoms with Crippen molar-refractivity contribution in [3.63, 3.8) is 0 Å². The van der Waals surface area contributed by atoms with Crippen LogP contribution in [-0.2, 0) is 5.41 Å². The van der Waals surface area contributed by atoms with E-state index in [0.29, 0.717) is 11.3 Å². The fourth-order valence-electron chi connectivity index (χ4n) is 4.93. The molecule has 0 spiro atoms. The van der Waals surface area contributed by atoms with Crippen LogP contribution in [0, 0.1) is 18.3 Å². The van der Waals surface area contributed by atoms with Gasteiger partial charge in [-0.25, -0.2) is 0 Å². The van der Waals surface area contributed by atoms with Crippen LogP contribution in [0.1, 0.15) is 48.6 Å². The third-order valence-corrected chi connectivity index (χ3v) is 6.37. The van der Waals surface area contributed by atoms with Crippen molar-refractivity contribution in [1.29, 1.82) is 5.26 Å². The largest absolute Gasteiger partial charge is 0.506 e. The number of nitrogens with one attached hydrogen (secondary N) is 1.